The normalized spacial score (nSPS) is 11.9. The molecule has 9 heteroatoms. The van der Waals surface area contributed by atoms with E-state index in [0.717, 1.165) is 36.4 Å². The van der Waals surface area contributed by atoms with Crippen molar-refractivity contribution in [3.63, 3.8) is 0 Å². The number of aliphatic hydroxyl groups is 1. The van der Waals surface area contributed by atoms with Gasteiger partial charge in [-0.15, -0.1) is 0 Å². The molecule has 0 spiro atoms. The maximum atomic E-state index is 9.66. The Morgan fingerprint density at radius 1 is 0.921 bits per heavy atom. The van der Waals surface area contributed by atoms with Gasteiger partial charge in [0.2, 0.25) is 5.95 Å². The minimum atomic E-state index is -1.02. The molecule has 0 fully saturated rings. The molecule has 0 saturated heterocycles. The van der Waals surface area contributed by atoms with Crippen LogP contribution in [0.25, 0.3) is 16.9 Å². The van der Waals surface area contributed by atoms with E-state index in [9.17, 15) is 5.11 Å². The van der Waals surface area contributed by atoms with Crippen molar-refractivity contribution in [1.29, 1.82) is 0 Å². The lowest BCUT2D eigenvalue weighted by molar-refractivity contribution is 0.186. The first-order chi connectivity index (χ1) is 18.6. The van der Waals surface area contributed by atoms with E-state index in [1.54, 1.807) is 25.6 Å². The summed E-state index contributed by atoms with van der Waals surface area (Å²) in [5.41, 5.74) is 10.8. The van der Waals surface area contributed by atoms with Crippen LogP contribution in [0, 0.1) is 0 Å². The Bertz CT molecular complexity index is 1470. The fourth-order valence-corrected chi connectivity index (χ4v) is 4.19. The lowest BCUT2D eigenvalue weighted by Crippen LogP contribution is -2.10. The van der Waals surface area contributed by atoms with E-state index in [1.807, 2.05) is 47.0 Å². The second kappa shape index (κ2) is 11.7. The van der Waals surface area contributed by atoms with Gasteiger partial charge in [0.05, 0.1) is 7.11 Å². The summed E-state index contributed by atoms with van der Waals surface area (Å²) in [7, 11) is 1.65. The van der Waals surface area contributed by atoms with Crippen molar-refractivity contribution >= 4 is 22.9 Å². The molecule has 3 aromatic carbocycles. The highest BCUT2D eigenvalue weighted by Crippen LogP contribution is 2.25. The Morgan fingerprint density at radius 3 is 2.39 bits per heavy atom. The minimum absolute atomic E-state index is 0.526. The van der Waals surface area contributed by atoms with Crippen LogP contribution in [0.3, 0.4) is 0 Å². The Labute approximate surface area is 221 Å². The van der Waals surface area contributed by atoms with E-state index in [1.165, 1.54) is 5.56 Å². The lowest BCUT2D eigenvalue weighted by atomic mass is 10.1. The minimum Gasteiger partial charge on any atom is -0.497 e. The lowest BCUT2D eigenvalue weighted by Gasteiger charge is -2.12. The highest BCUT2D eigenvalue weighted by Gasteiger charge is 2.15. The summed E-state index contributed by atoms with van der Waals surface area (Å²) in [5, 5.41) is 16.5. The molecule has 2 heterocycles. The molecule has 0 radical (unpaired) electrons. The first-order valence-electron chi connectivity index (χ1n) is 12.5. The molecule has 1 unspecified atom stereocenters. The molecule has 2 aromatic heterocycles. The van der Waals surface area contributed by atoms with Gasteiger partial charge in [0.1, 0.15) is 18.3 Å². The number of imidazole rings is 1. The van der Waals surface area contributed by atoms with Crippen LogP contribution in [0.1, 0.15) is 29.3 Å². The van der Waals surface area contributed by atoms with Gasteiger partial charge in [0, 0.05) is 18.8 Å². The van der Waals surface area contributed by atoms with E-state index >= 15 is 0 Å². The van der Waals surface area contributed by atoms with Gasteiger partial charge >= 0.3 is 0 Å². The van der Waals surface area contributed by atoms with Crippen molar-refractivity contribution in [3.8, 4) is 11.4 Å². The molecular weight excluding hydrogens is 478 g/mol. The molecule has 38 heavy (non-hydrogen) atoms. The standard InChI is InChI=1S/C29H31N7O2/c1-38-24-15-9-21(10-16-24)18-32-27-25-28(36(19-33-25)23-13-11-22(12-14-23)26(30)37)35-29(34-27)31-17-5-8-20-6-3-2-4-7-20/h2-4,6-7,9-16,19,26,37H,5,8,17-18,30H2,1H3,(H2,31,32,34,35). The fourth-order valence-electron chi connectivity index (χ4n) is 4.19. The number of aromatic nitrogens is 4. The van der Waals surface area contributed by atoms with Gasteiger partial charge in [-0.2, -0.15) is 9.97 Å². The number of methoxy groups -OCH3 is 1. The molecule has 0 amide bonds. The van der Waals surface area contributed by atoms with Crippen molar-refractivity contribution in [1.82, 2.24) is 19.5 Å². The van der Waals surface area contributed by atoms with E-state index in [2.05, 4.69) is 39.9 Å². The Morgan fingerprint density at radius 2 is 1.68 bits per heavy atom. The van der Waals surface area contributed by atoms with Crippen LogP contribution >= 0.6 is 0 Å². The number of hydrogen-bond acceptors (Lipinski definition) is 8. The first kappa shape index (κ1) is 25.2. The number of nitrogens with zero attached hydrogens (tertiary/aromatic N) is 4. The monoisotopic (exact) mass is 509 g/mol. The second-order valence-corrected chi connectivity index (χ2v) is 8.94. The van der Waals surface area contributed by atoms with E-state index in [0.29, 0.717) is 35.0 Å². The van der Waals surface area contributed by atoms with Gasteiger partial charge in [-0.3, -0.25) is 4.57 Å². The zero-order chi connectivity index (χ0) is 26.3. The molecule has 0 aliphatic heterocycles. The zero-order valence-corrected chi connectivity index (χ0v) is 21.2. The van der Waals surface area contributed by atoms with Crippen molar-refractivity contribution in [2.24, 2.45) is 5.73 Å². The number of nitrogens with two attached hydrogens (primary N) is 1. The third kappa shape index (κ3) is 5.91. The quantitative estimate of drug-likeness (QED) is 0.152. The number of fused-ring (bicyclic) bond motifs is 1. The van der Waals surface area contributed by atoms with Crippen molar-refractivity contribution in [2.75, 3.05) is 24.3 Å². The molecular formula is C29H31N7O2. The van der Waals surface area contributed by atoms with Crippen LogP contribution < -0.4 is 21.1 Å². The average molecular weight is 510 g/mol. The SMILES string of the molecule is COc1ccc(CNc2nc(NCCCc3ccccc3)nc3c2ncn3-c2ccc(C(N)O)cc2)cc1. The number of anilines is 2. The molecule has 5 rings (SSSR count). The van der Waals surface area contributed by atoms with Gasteiger partial charge in [0.15, 0.2) is 17.0 Å². The number of nitrogens with one attached hydrogen (secondary N) is 2. The van der Waals surface area contributed by atoms with Crippen LogP contribution in [0.2, 0.25) is 0 Å². The summed E-state index contributed by atoms with van der Waals surface area (Å²) >= 11 is 0. The van der Waals surface area contributed by atoms with Gasteiger partial charge in [-0.05, 0) is 53.8 Å². The average Bonchev–Trinajstić information content (AvgIpc) is 3.39. The topological polar surface area (TPSA) is 123 Å². The van der Waals surface area contributed by atoms with Crippen LogP contribution in [0.4, 0.5) is 11.8 Å². The maximum absolute atomic E-state index is 9.66. The Hall–Kier alpha value is -4.47. The fraction of sp³-hybridized carbons (Fsp3) is 0.207. The molecule has 0 aliphatic rings. The summed E-state index contributed by atoms with van der Waals surface area (Å²) in [4.78, 5) is 14.2. The molecule has 5 N–H and O–H groups in total. The Balaban J connectivity index is 1.40. The zero-order valence-electron chi connectivity index (χ0n) is 21.2. The van der Waals surface area contributed by atoms with Crippen LogP contribution in [0.15, 0.2) is 85.2 Å². The number of ether oxygens (including phenoxy) is 1. The van der Waals surface area contributed by atoms with E-state index < -0.39 is 6.23 Å². The van der Waals surface area contributed by atoms with Gasteiger partial charge < -0.3 is 26.2 Å². The molecule has 0 saturated carbocycles. The van der Waals surface area contributed by atoms with Crippen molar-refractivity contribution in [3.05, 3.63) is 102 Å². The number of rotatable bonds is 11. The van der Waals surface area contributed by atoms with E-state index in [4.69, 9.17) is 20.4 Å². The highest BCUT2D eigenvalue weighted by molar-refractivity contribution is 5.85. The van der Waals surface area contributed by atoms with Gasteiger partial charge in [-0.25, -0.2) is 4.98 Å². The Kier molecular flexibility index (Phi) is 7.77. The highest BCUT2D eigenvalue weighted by atomic mass is 16.5. The molecule has 194 valence electrons. The van der Waals surface area contributed by atoms with E-state index in [-0.39, 0.29) is 0 Å². The van der Waals surface area contributed by atoms with Gasteiger partial charge in [-0.1, -0.05) is 54.6 Å². The molecule has 0 bridgehead atoms. The van der Waals surface area contributed by atoms with Gasteiger partial charge in [0.25, 0.3) is 0 Å². The molecule has 9 nitrogen and oxygen atoms in total. The summed E-state index contributed by atoms with van der Waals surface area (Å²) in [6, 6.07) is 25.7. The van der Waals surface area contributed by atoms with Crippen molar-refractivity contribution in [2.45, 2.75) is 25.6 Å². The van der Waals surface area contributed by atoms with Crippen molar-refractivity contribution < 1.29 is 9.84 Å². The van der Waals surface area contributed by atoms with Crippen LogP contribution in [-0.2, 0) is 13.0 Å². The molecule has 0 aliphatic carbocycles. The maximum Gasteiger partial charge on any atom is 0.226 e. The predicted octanol–water partition coefficient (Wildman–Crippen LogP) is 4.43. The third-order valence-electron chi connectivity index (χ3n) is 6.30. The smallest absolute Gasteiger partial charge is 0.226 e. The largest absolute Gasteiger partial charge is 0.497 e. The summed E-state index contributed by atoms with van der Waals surface area (Å²) < 4.78 is 7.16. The van der Waals surface area contributed by atoms with Crippen LogP contribution in [0.5, 0.6) is 5.75 Å². The predicted molar refractivity (Wildman–Crippen MR) is 149 cm³/mol. The second-order valence-electron chi connectivity index (χ2n) is 8.94. The summed E-state index contributed by atoms with van der Waals surface area (Å²) in [5.74, 6) is 1.98. The molecule has 5 aromatic rings. The third-order valence-corrected chi connectivity index (χ3v) is 6.30. The number of aryl methyl sites for hydroxylation is 1. The number of aliphatic hydroxyl groups excluding tert-OH is 1. The first-order valence-corrected chi connectivity index (χ1v) is 12.5. The summed E-state index contributed by atoms with van der Waals surface area (Å²) in [6.07, 6.45) is 2.62. The van der Waals surface area contributed by atoms with Crippen LogP contribution in [-0.4, -0.2) is 38.3 Å². The molecule has 1 atom stereocenters. The number of benzene rings is 3. The number of hydrogen-bond donors (Lipinski definition) is 4. The summed E-state index contributed by atoms with van der Waals surface area (Å²) in [6.45, 7) is 1.30.